The fourth-order valence-electron chi connectivity index (χ4n) is 2.08. The number of thiazole rings is 1. The highest BCUT2D eigenvalue weighted by molar-refractivity contribution is 7.09. The minimum absolute atomic E-state index is 0.111. The van der Waals surface area contributed by atoms with Crippen LogP contribution in [0.15, 0.2) is 5.38 Å². The summed E-state index contributed by atoms with van der Waals surface area (Å²) in [5.41, 5.74) is 1.09. The van der Waals surface area contributed by atoms with Crippen LogP contribution in [-0.2, 0) is 17.8 Å². The fourth-order valence-corrected chi connectivity index (χ4v) is 2.86. The molecule has 0 unspecified atom stereocenters. The summed E-state index contributed by atoms with van der Waals surface area (Å²) in [6.07, 6.45) is 1.61. The molecule has 1 aromatic heterocycles. The lowest BCUT2D eigenvalue weighted by molar-refractivity contribution is -0.127. The normalized spacial score (nSPS) is 17.2. The molecule has 0 aromatic carbocycles. The number of hydrogen-bond acceptors (Lipinski definition) is 5. The van der Waals surface area contributed by atoms with Crippen LogP contribution in [0.5, 0.6) is 0 Å². The van der Waals surface area contributed by atoms with E-state index in [2.05, 4.69) is 20.6 Å². The Morgan fingerprint density at radius 2 is 2.32 bits per heavy atom. The molecule has 1 aliphatic rings. The van der Waals surface area contributed by atoms with Gasteiger partial charge in [-0.25, -0.2) is 4.98 Å². The van der Waals surface area contributed by atoms with Crippen molar-refractivity contribution >= 4 is 17.2 Å². The number of nitrogens with one attached hydrogen (secondary N) is 1. The second-order valence-electron chi connectivity index (χ2n) is 5.08. The van der Waals surface area contributed by atoms with E-state index in [-0.39, 0.29) is 5.91 Å². The first-order chi connectivity index (χ1) is 9.15. The van der Waals surface area contributed by atoms with Crippen molar-refractivity contribution in [2.75, 3.05) is 40.3 Å². The molecule has 0 spiro atoms. The highest BCUT2D eigenvalue weighted by Crippen LogP contribution is 2.13. The Kier molecular flexibility index (Phi) is 5.30. The van der Waals surface area contributed by atoms with Gasteiger partial charge in [0.15, 0.2) is 0 Å². The molecule has 1 saturated heterocycles. The number of rotatable bonds is 4. The maximum atomic E-state index is 11.6. The third-order valence-corrected chi connectivity index (χ3v) is 4.12. The van der Waals surface area contributed by atoms with Crippen molar-refractivity contribution in [3.05, 3.63) is 16.1 Å². The molecule has 2 rings (SSSR count). The standard InChI is InChI=1S/C13H22N4OS/c1-16(2)13(18)8-12-15-11(10-19-12)9-17-6-3-4-14-5-7-17/h10,14H,3-9H2,1-2H3. The van der Waals surface area contributed by atoms with Crippen molar-refractivity contribution in [1.29, 1.82) is 0 Å². The highest BCUT2D eigenvalue weighted by atomic mass is 32.1. The van der Waals surface area contributed by atoms with Crippen LogP contribution < -0.4 is 5.32 Å². The van der Waals surface area contributed by atoms with Crippen LogP contribution in [-0.4, -0.2) is 61.0 Å². The van der Waals surface area contributed by atoms with Gasteiger partial charge in [0.1, 0.15) is 5.01 Å². The van der Waals surface area contributed by atoms with E-state index in [9.17, 15) is 4.79 Å². The van der Waals surface area contributed by atoms with Gasteiger partial charge >= 0.3 is 0 Å². The van der Waals surface area contributed by atoms with Gasteiger partial charge in [-0.2, -0.15) is 0 Å². The zero-order valence-electron chi connectivity index (χ0n) is 11.7. The van der Waals surface area contributed by atoms with E-state index in [1.54, 1.807) is 30.3 Å². The monoisotopic (exact) mass is 282 g/mol. The molecule has 0 atom stereocenters. The van der Waals surface area contributed by atoms with Gasteiger partial charge in [0, 0.05) is 39.1 Å². The summed E-state index contributed by atoms with van der Waals surface area (Å²) in [6, 6.07) is 0. The third kappa shape index (κ3) is 4.56. The molecule has 0 aliphatic carbocycles. The van der Waals surface area contributed by atoms with Crippen LogP contribution in [0.2, 0.25) is 0 Å². The zero-order valence-corrected chi connectivity index (χ0v) is 12.5. The Bertz CT molecular complexity index is 411. The number of amides is 1. The second kappa shape index (κ2) is 6.98. The van der Waals surface area contributed by atoms with Crippen LogP contribution in [0.1, 0.15) is 17.1 Å². The predicted molar refractivity (Wildman–Crippen MR) is 77.3 cm³/mol. The number of nitrogens with zero attached hydrogens (tertiary/aromatic N) is 3. The number of aromatic nitrogens is 1. The molecular weight excluding hydrogens is 260 g/mol. The van der Waals surface area contributed by atoms with Crippen molar-refractivity contribution in [3.8, 4) is 0 Å². The lowest BCUT2D eigenvalue weighted by Gasteiger charge is -2.17. The lowest BCUT2D eigenvalue weighted by Crippen LogP contribution is -2.27. The minimum atomic E-state index is 0.111. The molecule has 106 valence electrons. The van der Waals surface area contributed by atoms with Crippen molar-refractivity contribution in [2.24, 2.45) is 0 Å². The molecule has 0 saturated carbocycles. The van der Waals surface area contributed by atoms with Gasteiger partial charge in [-0.1, -0.05) is 0 Å². The Morgan fingerprint density at radius 1 is 1.47 bits per heavy atom. The van der Waals surface area contributed by atoms with Crippen LogP contribution in [0.25, 0.3) is 0 Å². The maximum absolute atomic E-state index is 11.6. The maximum Gasteiger partial charge on any atom is 0.228 e. The fraction of sp³-hybridized carbons (Fsp3) is 0.692. The molecular formula is C13H22N4OS. The minimum Gasteiger partial charge on any atom is -0.348 e. The van der Waals surface area contributed by atoms with Gasteiger partial charge in [0.25, 0.3) is 0 Å². The summed E-state index contributed by atoms with van der Waals surface area (Å²) in [4.78, 5) is 20.2. The number of hydrogen-bond donors (Lipinski definition) is 1. The van der Waals surface area contributed by atoms with Gasteiger partial charge in [0.05, 0.1) is 12.1 Å². The average molecular weight is 282 g/mol. The van der Waals surface area contributed by atoms with E-state index in [1.165, 1.54) is 6.42 Å². The summed E-state index contributed by atoms with van der Waals surface area (Å²) < 4.78 is 0. The molecule has 1 aliphatic heterocycles. The highest BCUT2D eigenvalue weighted by Gasteiger charge is 2.13. The molecule has 0 radical (unpaired) electrons. The first-order valence-electron chi connectivity index (χ1n) is 6.71. The lowest BCUT2D eigenvalue weighted by atomic mass is 10.3. The van der Waals surface area contributed by atoms with Crippen molar-refractivity contribution in [2.45, 2.75) is 19.4 Å². The largest absolute Gasteiger partial charge is 0.348 e. The zero-order chi connectivity index (χ0) is 13.7. The summed E-state index contributed by atoms with van der Waals surface area (Å²) in [6.45, 7) is 5.25. The molecule has 1 fully saturated rings. The smallest absolute Gasteiger partial charge is 0.228 e. The molecule has 19 heavy (non-hydrogen) atoms. The Hall–Kier alpha value is -0.980. The number of likely N-dealkylation sites (N-methyl/N-ethyl adjacent to an activating group) is 1. The van der Waals surface area contributed by atoms with Crippen molar-refractivity contribution < 1.29 is 4.79 Å². The number of carbonyl (C=O) groups is 1. The summed E-state index contributed by atoms with van der Waals surface area (Å²) in [5.74, 6) is 0.111. The molecule has 5 nitrogen and oxygen atoms in total. The van der Waals surface area contributed by atoms with Gasteiger partial charge in [-0.05, 0) is 19.5 Å². The van der Waals surface area contributed by atoms with Crippen LogP contribution in [0.4, 0.5) is 0 Å². The number of carbonyl (C=O) groups excluding carboxylic acids is 1. The third-order valence-electron chi connectivity index (χ3n) is 3.22. The Balaban J connectivity index is 1.87. The van der Waals surface area contributed by atoms with Gasteiger partial charge in [-0.3, -0.25) is 9.69 Å². The van der Waals surface area contributed by atoms with E-state index in [4.69, 9.17) is 0 Å². The SMILES string of the molecule is CN(C)C(=O)Cc1nc(CN2CCCNCC2)cs1. The topological polar surface area (TPSA) is 48.5 Å². The molecule has 6 heteroatoms. The molecule has 1 N–H and O–H groups in total. The summed E-state index contributed by atoms with van der Waals surface area (Å²) in [5, 5.41) is 6.40. The van der Waals surface area contributed by atoms with E-state index in [0.717, 1.165) is 43.4 Å². The average Bonchev–Trinajstić information content (AvgIpc) is 2.64. The van der Waals surface area contributed by atoms with Gasteiger partial charge < -0.3 is 10.2 Å². The molecule has 0 bridgehead atoms. The molecule has 1 aromatic rings. The van der Waals surface area contributed by atoms with Crippen LogP contribution in [0.3, 0.4) is 0 Å². The van der Waals surface area contributed by atoms with Crippen LogP contribution in [0, 0.1) is 0 Å². The van der Waals surface area contributed by atoms with Crippen molar-refractivity contribution in [3.63, 3.8) is 0 Å². The quantitative estimate of drug-likeness (QED) is 0.877. The first kappa shape index (κ1) is 14.4. The molecule has 2 heterocycles. The Morgan fingerprint density at radius 3 is 3.11 bits per heavy atom. The van der Waals surface area contributed by atoms with E-state index < -0.39 is 0 Å². The van der Waals surface area contributed by atoms with E-state index in [1.807, 2.05) is 0 Å². The van der Waals surface area contributed by atoms with Gasteiger partial charge in [0.2, 0.25) is 5.91 Å². The second-order valence-corrected chi connectivity index (χ2v) is 6.02. The molecule has 1 amide bonds. The first-order valence-corrected chi connectivity index (χ1v) is 7.59. The Labute approximate surface area is 118 Å². The summed E-state index contributed by atoms with van der Waals surface area (Å²) in [7, 11) is 3.56. The predicted octanol–water partition coefficient (Wildman–Crippen LogP) is 0.569. The van der Waals surface area contributed by atoms with Gasteiger partial charge in [-0.15, -0.1) is 11.3 Å². The summed E-state index contributed by atoms with van der Waals surface area (Å²) >= 11 is 1.59. The van der Waals surface area contributed by atoms with E-state index in [0.29, 0.717) is 6.42 Å². The van der Waals surface area contributed by atoms with E-state index >= 15 is 0 Å². The van der Waals surface area contributed by atoms with Crippen LogP contribution >= 0.6 is 11.3 Å². The van der Waals surface area contributed by atoms with Crippen molar-refractivity contribution in [1.82, 2.24) is 20.1 Å².